The molecular weight excluding hydrogens is 254 g/mol. The van der Waals surface area contributed by atoms with Crippen LogP contribution in [0.3, 0.4) is 0 Å². The normalized spacial score (nSPS) is 11.0. The molecule has 0 saturated carbocycles. The fourth-order valence-electron chi connectivity index (χ4n) is 2.24. The third kappa shape index (κ3) is 3.59. The van der Waals surface area contributed by atoms with Crippen molar-refractivity contribution < 1.29 is 0 Å². The van der Waals surface area contributed by atoms with Gasteiger partial charge in [0.2, 0.25) is 0 Å². The molecule has 100 valence electrons. The van der Waals surface area contributed by atoms with Gasteiger partial charge < -0.3 is 5.73 Å². The van der Waals surface area contributed by atoms with Crippen LogP contribution in [0.4, 0.5) is 0 Å². The SMILES string of the molecule is CC(C)Cc1cccc(-c2ccc(CN)c(Cl)c2)c1. The van der Waals surface area contributed by atoms with Gasteiger partial charge in [0, 0.05) is 11.6 Å². The fraction of sp³-hybridized carbons (Fsp3) is 0.294. The summed E-state index contributed by atoms with van der Waals surface area (Å²) in [4.78, 5) is 0. The molecule has 0 heterocycles. The highest BCUT2D eigenvalue weighted by atomic mass is 35.5. The van der Waals surface area contributed by atoms with E-state index in [1.165, 1.54) is 11.1 Å². The molecule has 0 amide bonds. The Hall–Kier alpha value is -1.31. The Morgan fingerprint density at radius 2 is 1.79 bits per heavy atom. The van der Waals surface area contributed by atoms with E-state index in [0.717, 1.165) is 22.6 Å². The Morgan fingerprint density at radius 3 is 2.42 bits per heavy atom. The fourth-order valence-corrected chi connectivity index (χ4v) is 2.50. The number of hydrogen-bond donors (Lipinski definition) is 1. The van der Waals surface area contributed by atoms with Gasteiger partial charge in [-0.25, -0.2) is 0 Å². The van der Waals surface area contributed by atoms with Gasteiger partial charge in [0.05, 0.1) is 0 Å². The van der Waals surface area contributed by atoms with Gasteiger partial charge in [-0.3, -0.25) is 0 Å². The first kappa shape index (κ1) is 14.1. The van der Waals surface area contributed by atoms with Crippen LogP contribution >= 0.6 is 11.6 Å². The summed E-state index contributed by atoms with van der Waals surface area (Å²) < 4.78 is 0. The molecule has 0 spiro atoms. The third-order valence-corrected chi connectivity index (χ3v) is 3.53. The molecule has 2 heteroatoms. The summed E-state index contributed by atoms with van der Waals surface area (Å²) in [6.07, 6.45) is 1.10. The van der Waals surface area contributed by atoms with Crippen LogP contribution in [0.15, 0.2) is 42.5 Å². The first-order chi connectivity index (χ1) is 9.10. The van der Waals surface area contributed by atoms with Crippen molar-refractivity contribution in [3.63, 3.8) is 0 Å². The third-order valence-electron chi connectivity index (χ3n) is 3.18. The lowest BCUT2D eigenvalue weighted by Crippen LogP contribution is -1.97. The summed E-state index contributed by atoms with van der Waals surface area (Å²) in [6, 6.07) is 14.7. The van der Waals surface area contributed by atoms with Crippen molar-refractivity contribution in [1.82, 2.24) is 0 Å². The first-order valence-corrected chi connectivity index (χ1v) is 7.05. The predicted molar refractivity (Wildman–Crippen MR) is 83.3 cm³/mol. The zero-order valence-electron chi connectivity index (χ0n) is 11.5. The van der Waals surface area contributed by atoms with Crippen LogP contribution in [0, 0.1) is 5.92 Å². The van der Waals surface area contributed by atoms with Crippen LogP contribution < -0.4 is 5.73 Å². The molecule has 0 aliphatic heterocycles. The minimum Gasteiger partial charge on any atom is -0.326 e. The number of rotatable bonds is 4. The van der Waals surface area contributed by atoms with Crippen LogP contribution in [-0.2, 0) is 13.0 Å². The molecule has 0 aliphatic carbocycles. The molecule has 0 radical (unpaired) electrons. The second-order valence-electron chi connectivity index (χ2n) is 5.31. The van der Waals surface area contributed by atoms with Gasteiger partial charge >= 0.3 is 0 Å². The predicted octanol–water partition coefficient (Wildman–Crippen LogP) is 4.66. The van der Waals surface area contributed by atoms with E-state index in [4.69, 9.17) is 17.3 Å². The van der Waals surface area contributed by atoms with Crippen LogP contribution in [0.5, 0.6) is 0 Å². The Balaban J connectivity index is 2.33. The van der Waals surface area contributed by atoms with Gasteiger partial charge in [-0.05, 0) is 40.7 Å². The molecule has 0 saturated heterocycles. The monoisotopic (exact) mass is 273 g/mol. The lowest BCUT2D eigenvalue weighted by Gasteiger charge is -2.09. The molecule has 2 rings (SSSR count). The van der Waals surface area contributed by atoms with E-state index >= 15 is 0 Å². The van der Waals surface area contributed by atoms with Crippen molar-refractivity contribution in [3.8, 4) is 11.1 Å². The lowest BCUT2D eigenvalue weighted by molar-refractivity contribution is 0.647. The van der Waals surface area contributed by atoms with Gasteiger partial charge in [0.15, 0.2) is 0 Å². The van der Waals surface area contributed by atoms with Gasteiger partial charge in [-0.2, -0.15) is 0 Å². The Kier molecular flexibility index (Phi) is 4.62. The largest absolute Gasteiger partial charge is 0.326 e. The van der Waals surface area contributed by atoms with Gasteiger partial charge in [0.1, 0.15) is 0 Å². The molecule has 0 bridgehead atoms. The van der Waals surface area contributed by atoms with Crippen LogP contribution in [0.2, 0.25) is 5.02 Å². The van der Waals surface area contributed by atoms with E-state index in [-0.39, 0.29) is 0 Å². The topological polar surface area (TPSA) is 26.0 Å². The summed E-state index contributed by atoms with van der Waals surface area (Å²) in [5.74, 6) is 0.665. The quantitative estimate of drug-likeness (QED) is 0.861. The van der Waals surface area contributed by atoms with Crippen LogP contribution in [0.25, 0.3) is 11.1 Å². The van der Waals surface area contributed by atoms with Crippen molar-refractivity contribution in [2.24, 2.45) is 11.7 Å². The minimum absolute atomic E-state index is 0.479. The standard InChI is InChI=1S/C17H20ClN/c1-12(2)8-13-4-3-5-14(9-13)15-6-7-16(11-19)17(18)10-15/h3-7,9-10,12H,8,11,19H2,1-2H3. The van der Waals surface area contributed by atoms with Crippen LogP contribution in [0.1, 0.15) is 25.0 Å². The highest BCUT2D eigenvalue weighted by Crippen LogP contribution is 2.26. The highest BCUT2D eigenvalue weighted by Gasteiger charge is 2.04. The lowest BCUT2D eigenvalue weighted by atomic mass is 9.97. The van der Waals surface area contributed by atoms with Crippen LogP contribution in [-0.4, -0.2) is 0 Å². The number of nitrogens with two attached hydrogens (primary N) is 1. The van der Waals surface area contributed by atoms with Gasteiger partial charge in [-0.1, -0.05) is 61.8 Å². The average Bonchev–Trinajstić information content (AvgIpc) is 2.38. The van der Waals surface area contributed by atoms with E-state index in [0.29, 0.717) is 12.5 Å². The van der Waals surface area contributed by atoms with E-state index in [2.05, 4.69) is 44.2 Å². The maximum Gasteiger partial charge on any atom is 0.0457 e. The summed E-state index contributed by atoms with van der Waals surface area (Å²) >= 11 is 6.22. The molecule has 2 N–H and O–H groups in total. The van der Waals surface area contributed by atoms with E-state index in [1.54, 1.807) is 0 Å². The Morgan fingerprint density at radius 1 is 1.05 bits per heavy atom. The zero-order chi connectivity index (χ0) is 13.8. The second-order valence-corrected chi connectivity index (χ2v) is 5.72. The van der Waals surface area contributed by atoms with Gasteiger partial charge in [-0.15, -0.1) is 0 Å². The first-order valence-electron chi connectivity index (χ1n) is 6.68. The molecule has 0 aliphatic rings. The van der Waals surface area contributed by atoms with E-state index in [1.807, 2.05) is 12.1 Å². The Bertz CT molecular complexity index is 561. The summed E-state index contributed by atoms with van der Waals surface area (Å²) in [5, 5.41) is 0.745. The molecule has 19 heavy (non-hydrogen) atoms. The van der Waals surface area contributed by atoms with Crippen molar-refractivity contribution >= 4 is 11.6 Å². The summed E-state index contributed by atoms with van der Waals surface area (Å²) in [6.45, 7) is 4.95. The molecule has 0 aromatic heterocycles. The van der Waals surface area contributed by atoms with Crippen molar-refractivity contribution in [2.45, 2.75) is 26.8 Å². The maximum atomic E-state index is 6.22. The smallest absolute Gasteiger partial charge is 0.0457 e. The molecule has 0 fully saturated rings. The van der Waals surface area contributed by atoms with Crippen molar-refractivity contribution in [2.75, 3.05) is 0 Å². The number of hydrogen-bond acceptors (Lipinski definition) is 1. The number of halogens is 1. The average molecular weight is 274 g/mol. The molecular formula is C17H20ClN. The van der Waals surface area contributed by atoms with E-state index in [9.17, 15) is 0 Å². The molecule has 0 atom stereocenters. The van der Waals surface area contributed by atoms with Crippen molar-refractivity contribution in [3.05, 3.63) is 58.6 Å². The maximum absolute atomic E-state index is 6.22. The molecule has 2 aromatic rings. The summed E-state index contributed by atoms with van der Waals surface area (Å²) in [5.41, 5.74) is 10.3. The molecule has 1 nitrogen and oxygen atoms in total. The second kappa shape index (κ2) is 6.23. The summed E-state index contributed by atoms with van der Waals surface area (Å²) in [7, 11) is 0. The highest BCUT2D eigenvalue weighted by molar-refractivity contribution is 6.31. The molecule has 2 aromatic carbocycles. The molecule has 0 unspecified atom stereocenters. The minimum atomic E-state index is 0.479. The Labute approximate surface area is 120 Å². The van der Waals surface area contributed by atoms with Crippen molar-refractivity contribution in [1.29, 1.82) is 0 Å². The van der Waals surface area contributed by atoms with E-state index < -0.39 is 0 Å². The zero-order valence-corrected chi connectivity index (χ0v) is 12.2. The number of benzene rings is 2. The van der Waals surface area contributed by atoms with Gasteiger partial charge in [0.25, 0.3) is 0 Å².